The van der Waals surface area contributed by atoms with Gasteiger partial charge in [-0.25, -0.2) is 0 Å². The lowest BCUT2D eigenvalue weighted by atomic mass is 9.53. The molecule has 4 bridgehead atoms. The quantitative estimate of drug-likeness (QED) is 0.262. The molecule has 4 aliphatic rings. The molecule has 4 fully saturated rings. The molecule has 4 aliphatic carbocycles. The van der Waals surface area contributed by atoms with Crippen molar-refractivity contribution in [2.45, 2.75) is 123 Å². The Morgan fingerprint density at radius 1 is 0.684 bits per heavy atom. The molecule has 0 aromatic heterocycles. The summed E-state index contributed by atoms with van der Waals surface area (Å²) in [6.45, 7) is 13.1. The van der Waals surface area contributed by atoms with E-state index >= 15 is 0 Å². The van der Waals surface area contributed by atoms with Gasteiger partial charge in [0.2, 0.25) is 0 Å². The highest BCUT2D eigenvalue weighted by atomic mass is 16.7. The van der Waals surface area contributed by atoms with Gasteiger partial charge in [-0.2, -0.15) is 0 Å². The minimum atomic E-state index is -0.263. The summed E-state index contributed by atoms with van der Waals surface area (Å²) in [7, 11) is 0. The molecule has 0 saturated heterocycles. The summed E-state index contributed by atoms with van der Waals surface area (Å²) in [5.74, 6) is 4.71. The summed E-state index contributed by atoms with van der Waals surface area (Å²) in [5.41, 5.74) is 2.64. The Bertz CT molecular complexity index is 1020. The van der Waals surface area contributed by atoms with Crippen LogP contribution in [0.5, 0.6) is 11.5 Å². The van der Waals surface area contributed by atoms with Crippen LogP contribution in [0.1, 0.15) is 109 Å². The van der Waals surface area contributed by atoms with Crippen LogP contribution in [0.15, 0.2) is 48.5 Å². The molecular formula is C34H48O4. The zero-order chi connectivity index (χ0) is 26.9. The van der Waals surface area contributed by atoms with Crippen molar-refractivity contribution in [1.82, 2.24) is 0 Å². The summed E-state index contributed by atoms with van der Waals surface area (Å²) >= 11 is 0. The smallest absolute Gasteiger partial charge is 0.197 e. The van der Waals surface area contributed by atoms with E-state index in [2.05, 4.69) is 83.1 Å². The Kier molecular flexibility index (Phi) is 8.40. The maximum Gasteiger partial charge on any atom is 0.197 e. The summed E-state index contributed by atoms with van der Waals surface area (Å²) in [6.07, 6.45) is 7.78. The third-order valence-electron chi connectivity index (χ3n) is 9.62. The van der Waals surface area contributed by atoms with Crippen LogP contribution in [0.2, 0.25) is 0 Å². The van der Waals surface area contributed by atoms with Crippen molar-refractivity contribution >= 4 is 0 Å². The van der Waals surface area contributed by atoms with Crippen LogP contribution >= 0.6 is 0 Å². The van der Waals surface area contributed by atoms with Gasteiger partial charge in [-0.05, 0) is 124 Å². The zero-order valence-corrected chi connectivity index (χ0v) is 24.3. The van der Waals surface area contributed by atoms with Crippen LogP contribution < -0.4 is 9.47 Å². The Balaban J connectivity index is 1.16. The van der Waals surface area contributed by atoms with Gasteiger partial charge in [0, 0.05) is 0 Å². The van der Waals surface area contributed by atoms with E-state index < -0.39 is 0 Å². The number of hydrogen-bond donors (Lipinski definition) is 0. The van der Waals surface area contributed by atoms with Crippen molar-refractivity contribution in [3.05, 3.63) is 59.7 Å². The first-order valence-electron chi connectivity index (χ1n) is 15.1. The summed E-state index contributed by atoms with van der Waals surface area (Å²) < 4.78 is 25.8. The molecule has 2 aromatic carbocycles. The fourth-order valence-electron chi connectivity index (χ4n) is 7.50. The van der Waals surface area contributed by atoms with Crippen LogP contribution in [0, 0.1) is 17.8 Å². The van der Waals surface area contributed by atoms with Crippen LogP contribution in [0.25, 0.3) is 0 Å². The second kappa shape index (κ2) is 11.6. The largest absolute Gasteiger partial charge is 0.465 e. The molecule has 0 spiro atoms. The lowest BCUT2D eigenvalue weighted by Crippen LogP contribution is -2.60. The minimum Gasteiger partial charge on any atom is -0.465 e. The van der Waals surface area contributed by atoms with E-state index in [0.29, 0.717) is 23.7 Å². The van der Waals surface area contributed by atoms with Gasteiger partial charge in [0.05, 0.1) is 11.7 Å². The molecule has 4 nitrogen and oxygen atoms in total. The molecule has 6 rings (SSSR count). The second-order valence-electron chi connectivity index (χ2n) is 12.5. The van der Waals surface area contributed by atoms with Gasteiger partial charge >= 0.3 is 0 Å². The van der Waals surface area contributed by atoms with Crippen molar-refractivity contribution in [3.63, 3.8) is 0 Å². The fraction of sp³-hybridized carbons (Fsp3) is 0.647. The van der Waals surface area contributed by atoms with Crippen LogP contribution in [-0.4, -0.2) is 24.3 Å². The average Bonchev–Trinajstić information content (AvgIpc) is 2.90. The first-order valence-corrected chi connectivity index (χ1v) is 15.1. The van der Waals surface area contributed by atoms with E-state index in [9.17, 15) is 0 Å². The van der Waals surface area contributed by atoms with Crippen LogP contribution in [0.3, 0.4) is 0 Å². The van der Waals surface area contributed by atoms with Gasteiger partial charge in [-0.3, -0.25) is 0 Å². The van der Waals surface area contributed by atoms with Gasteiger partial charge in [0.1, 0.15) is 11.5 Å². The molecule has 38 heavy (non-hydrogen) atoms. The van der Waals surface area contributed by atoms with E-state index in [1.54, 1.807) is 0 Å². The summed E-state index contributed by atoms with van der Waals surface area (Å²) in [4.78, 5) is 0. The monoisotopic (exact) mass is 520 g/mol. The van der Waals surface area contributed by atoms with Crippen molar-refractivity contribution < 1.29 is 18.9 Å². The van der Waals surface area contributed by atoms with Gasteiger partial charge in [0.15, 0.2) is 12.6 Å². The normalized spacial score (nSPS) is 31.0. The van der Waals surface area contributed by atoms with E-state index in [1.807, 2.05) is 6.92 Å². The molecule has 4 saturated carbocycles. The third kappa shape index (κ3) is 6.07. The average molecular weight is 521 g/mol. The fourth-order valence-corrected chi connectivity index (χ4v) is 7.50. The molecule has 2 aromatic rings. The Morgan fingerprint density at radius 3 is 1.63 bits per heavy atom. The maximum absolute atomic E-state index is 6.73. The van der Waals surface area contributed by atoms with Gasteiger partial charge in [-0.1, -0.05) is 52.0 Å². The predicted octanol–water partition coefficient (Wildman–Crippen LogP) is 8.84. The zero-order valence-electron chi connectivity index (χ0n) is 24.3. The third-order valence-corrected chi connectivity index (χ3v) is 9.62. The number of ether oxygens (including phenoxy) is 4. The molecule has 6 unspecified atom stereocenters. The lowest BCUT2D eigenvalue weighted by molar-refractivity contribution is -0.267. The van der Waals surface area contributed by atoms with Gasteiger partial charge < -0.3 is 18.9 Å². The molecule has 0 aliphatic heterocycles. The van der Waals surface area contributed by atoms with E-state index in [-0.39, 0.29) is 24.3 Å². The van der Waals surface area contributed by atoms with E-state index in [4.69, 9.17) is 18.9 Å². The van der Waals surface area contributed by atoms with Crippen molar-refractivity contribution in [2.24, 2.45) is 17.8 Å². The second-order valence-corrected chi connectivity index (χ2v) is 12.5. The number of hydrogen-bond acceptors (Lipinski definition) is 4. The standard InChI is InChI=1S/C34H48O4/c1-7-22(3)27-9-13-31(14-10-27)35-24(5)37-33-29-17-26-18-30(33)21-34(19-26,20-29)38-25(6)36-32-15-11-28(12-16-32)23(4)8-2/h9-16,22-26,29-30,33H,7-8,17-21H2,1-6H3. The summed E-state index contributed by atoms with van der Waals surface area (Å²) in [6, 6.07) is 17.1. The number of benzene rings is 2. The molecule has 6 atom stereocenters. The highest BCUT2D eigenvalue weighted by Crippen LogP contribution is 2.58. The lowest BCUT2D eigenvalue weighted by Gasteiger charge is -2.59. The number of rotatable bonds is 12. The molecule has 0 amide bonds. The van der Waals surface area contributed by atoms with Crippen LogP contribution in [-0.2, 0) is 9.47 Å². The highest BCUT2D eigenvalue weighted by molar-refractivity contribution is 5.30. The maximum atomic E-state index is 6.73. The summed E-state index contributed by atoms with van der Waals surface area (Å²) in [5, 5.41) is 0. The van der Waals surface area contributed by atoms with Crippen LogP contribution in [0.4, 0.5) is 0 Å². The molecule has 208 valence electrons. The Labute approximate surface area is 230 Å². The first-order chi connectivity index (χ1) is 18.3. The van der Waals surface area contributed by atoms with Gasteiger partial charge in [0.25, 0.3) is 0 Å². The highest BCUT2D eigenvalue weighted by Gasteiger charge is 2.57. The Hall–Kier alpha value is -2.04. The molecule has 0 N–H and O–H groups in total. The first kappa shape index (κ1) is 27.5. The predicted molar refractivity (Wildman–Crippen MR) is 153 cm³/mol. The van der Waals surface area contributed by atoms with Crippen molar-refractivity contribution in [2.75, 3.05) is 0 Å². The molecule has 4 heteroatoms. The van der Waals surface area contributed by atoms with Crippen molar-refractivity contribution in [3.8, 4) is 11.5 Å². The molecular weight excluding hydrogens is 472 g/mol. The molecule has 0 heterocycles. The Morgan fingerprint density at radius 2 is 1.16 bits per heavy atom. The van der Waals surface area contributed by atoms with E-state index in [0.717, 1.165) is 49.5 Å². The molecule has 0 radical (unpaired) electrons. The van der Waals surface area contributed by atoms with E-state index in [1.165, 1.54) is 24.0 Å². The SMILES string of the molecule is CCC(C)c1ccc(OC(C)OC2C3CC4CC2CC(OC(C)Oc2ccc(C(C)CC)cc2)(C4)C3)cc1. The minimum absolute atomic E-state index is 0.0810. The van der Waals surface area contributed by atoms with Gasteiger partial charge in [-0.15, -0.1) is 0 Å². The van der Waals surface area contributed by atoms with Crippen molar-refractivity contribution in [1.29, 1.82) is 0 Å². The topological polar surface area (TPSA) is 36.9 Å².